The topological polar surface area (TPSA) is 15.3 Å². The molecule has 0 spiro atoms. The third kappa shape index (κ3) is 6.62. The normalized spacial score (nSPS) is 18.2. The highest BCUT2D eigenvalue weighted by molar-refractivity contribution is 5.23. The molecule has 1 heterocycles. The largest absolute Gasteiger partial charge is 0.308 e. The fourth-order valence-corrected chi connectivity index (χ4v) is 2.93. The summed E-state index contributed by atoms with van der Waals surface area (Å²) in [6.45, 7) is 11.3. The Bertz CT molecular complexity index is 412. The summed E-state index contributed by atoms with van der Waals surface area (Å²) in [6.07, 6.45) is 6.98. The van der Waals surface area contributed by atoms with Crippen LogP contribution < -0.4 is 5.32 Å². The van der Waals surface area contributed by atoms with E-state index in [1.165, 1.54) is 56.3 Å². The number of hydrogen-bond acceptors (Lipinski definition) is 2. The van der Waals surface area contributed by atoms with Gasteiger partial charge in [0.25, 0.3) is 0 Å². The first-order valence-corrected chi connectivity index (χ1v) is 8.58. The minimum Gasteiger partial charge on any atom is -0.308 e. The number of nitrogens with one attached hydrogen (secondary N) is 1. The summed E-state index contributed by atoms with van der Waals surface area (Å²) in [6, 6.07) is 9.09. The van der Waals surface area contributed by atoms with Crippen LogP contribution in [-0.4, -0.2) is 23.5 Å². The Morgan fingerprint density at radius 3 is 2.24 bits per heavy atom. The lowest BCUT2D eigenvalue weighted by atomic mass is 10.1. The van der Waals surface area contributed by atoms with Gasteiger partial charge in [0, 0.05) is 18.6 Å². The Labute approximate surface area is 130 Å². The quantitative estimate of drug-likeness (QED) is 0.886. The molecule has 0 radical (unpaired) electrons. The van der Waals surface area contributed by atoms with Crippen LogP contribution in [0.15, 0.2) is 24.3 Å². The number of rotatable bonds is 4. The van der Waals surface area contributed by atoms with E-state index in [0.29, 0.717) is 0 Å². The van der Waals surface area contributed by atoms with Crippen LogP contribution in [0.2, 0.25) is 0 Å². The molecule has 2 nitrogen and oxygen atoms in total. The van der Waals surface area contributed by atoms with E-state index in [0.717, 1.165) is 13.1 Å². The lowest BCUT2D eigenvalue weighted by molar-refractivity contribution is 0.239. The standard InChI is InChI=1S/C19H32N2/c1-19(2,3)20-15-17-10-9-11-18(14-17)16-21-12-7-5-4-6-8-13-21/h9-11,14,20H,4-8,12-13,15-16H2,1-3H3. The first-order valence-electron chi connectivity index (χ1n) is 8.58. The van der Waals surface area contributed by atoms with Gasteiger partial charge in [-0.25, -0.2) is 0 Å². The van der Waals surface area contributed by atoms with Gasteiger partial charge in [0.2, 0.25) is 0 Å². The summed E-state index contributed by atoms with van der Waals surface area (Å²) in [7, 11) is 0. The Hall–Kier alpha value is -0.860. The van der Waals surface area contributed by atoms with Crippen LogP contribution in [0.1, 0.15) is 64.0 Å². The number of benzene rings is 1. The van der Waals surface area contributed by atoms with Crippen LogP contribution in [0.5, 0.6) is 0 Å². The van der Waals surface area contributed by atoms with Gasteiger partial charge in [-0.1, -0.05) is 43.5 Å². The van der Waals surface area contributed by atoms with Crippen molar-refractivity contribution in [2.24, 2.45) is 0 Å². The van der Waals surface area contributed by atoms with E-state index in [9.17, 15) is 0 Å². The molecule has 2 rings (SSSR count). The second-order valence-corrected chi connectivity index (χ2v) is 7.47. The zero-order valence-corrected chi connectivity index (χ0v) is 14.1. The van der Waals surface area contributed by atoms with Crippen molar-refractivity contribution >= 4 is 0 Å². The molecule has 21 heavy (non-hydrogen) atoms. The molecule has 1 aliphatic rings. The Morgan fingerprint density at radius 2 is 1.57 bits per heavy atom. The van der Waals surface area contributed by atoms with Gasteiger partial charge >= 0.3 is 0 Å². The summed E-state index contributed by atoms with van der Waals surface area (Å²) in [4.78, 5) is 2.63. The molecule has 0 amide bonds. The van der Waals surface area contributed by atoms with Gasteiger partial charge in [-0.15, -0.1) is 0 Å². The highest BCUT2D eigenvalue weighted by atomic mass is 15.1. The molecular formula is C19H32N2. The van der Waals surface area contributed by atoms with Crippen LogP contribution in [0.4, 0.5) is 0 Å². The first-order chi connectivity index (χ1) is 10.0. The van der Waals surface area contributed by atoms with Gasteiger partial charge in [0.1, 0.15) is 0 Å². The summed E-state index contributed by atoms with van der Waals surface area (Å²) in [5, 5.41) is 3.57. The van der Waals surface area contributed by atoms with E-state index >= 15 is 0 Å². The fraction of sp³-hybridized carbons (Fsp3) is 0.684. The second kappa shape index (κ2) is 7.95. The summed E-state index contributed by atoms with van der Waals surface area (Å²) < 4.78 is 0. The molecule has 1 N–H and O–H groups in total. The maximum atomic E-state index is 3.57. The van der Waals surface area contributed by atoms with Crippen LogP contribution in [0.25, 0.3) is 0 Å². The maximum absolute atomic E-state index is 3.57. The number of likely N-dealkylation sites (tertiary alicyclic amines) is 1. The van der Waals surface area contributed by atoms with Gasteiger partial charge in [0.05, 0.1) is 0 Å². The van der Waals surface area contributed by atoms with Crippen molar-refractivity contribution in [3.63, 3.8) is 0 Å². The van der Waals surface area contributed by atoms with Gasteiger partial charge in [0.15, 0.2) is 0 Å². The van der Waals surface area contributed by atoms with E-state index in [4.69, 9.17) is 0 Å². The van der Waals surface area contributed by atoms with Crippen molar-refractivity contribution in [2.75, 3.05) is 13.1 Å². The molecule has 0 aliphatic carbocycles. The van der Waals surface area contributed by atoms with Crippen molar-refractivity contribution in [1.82, 2.24) is 10.2 Å². The Morgan fingerprint density at radius 1 is 0.952 bits per heavy atom. The molecule has 0 bridgehead atoms. The highest BCUT2D eigenvalue weighted by Gasteiger charge is 2.10. The van der Waals surface area contributed by atoms with Crippen LogP contribution in [-0.2, 0) is 13.1 Å². The molecule has 1 fully saturated rings. The second-order valence-electron chi connectivity index (χ2n) is 7.47. The van der Waals surface area contributed by atoms with E-state index in [2.05, 4.69) is 55.3 Å². The maximum Gasteiger partial charge on any atom is 0.0233 e. The van der Waals surface area contributed by atoms with Gasteiger partial charge in [-0.05, 0) is 57.8 Å². The van der Waals surface area contributed by atoms with Gasteiger partial charge in [-0.3, -0.25) is 4.90 Å². The molecule has 0 atom stereocenters. The van der Waals surface area contributed by atoms with E-state index in [1.54, 1.807) is 0 Å². The molecular weight excluding hydrogens is 256 g/mol. The zero-order valence-electron chi connectivity index (χ0n) is 14.1. The molecule has 0 unspecified atom stereocenters. The zero-order chi connectivity index (χ0) is 15.1. The van der Waals surface area contributed by atoms with Crippen molar-refractivity contribution in [1.29, 1.82) is 0 Å². The van der Waals surface area contributed by atoms with Crippen LogP contribution in [0.3, 0.4) is 0 Å². The minimum absolute atomic E-state index is 0.180. The molecule has 1 saturated heterocycles. The Balaban J connectivity index is 1.90. The van der Waals surface area contributed by atoms with Gasteiger partial charge < -0.3 is 5.32 Å². The monoisotopic (exact) mass is 288 g/mol. The van der Waals surface area contributed by atoms with Gasteiger partial charge in [-0.2, -0.15) is 0 Å². The predicted molar refractivity (Wildman–Crippen MR) is 91.4 cm³/mol. The SMILES string of the molecule is CC(C)(C)NCc1cccc(CN2CCCCCCC2)c1. The summed E-state index contributed by atoms with van der Waals surface area (Å²) in [5.41, 5.74) is 3.04. The lowest BCUT2D eigenvalue weighted by Crippen LogP contribution is -2.35. The van der Waals surface area contributed by atoms with E-state index < -0.39 is 0 Å². The van der Waals surface area contributed by atoms with Crippen molar-refractivity contribution in [3.05, 3.63) is 35.4 Å². The molecule has 1 aromatic rings. The molecule has 1 aromatic carbocycles. The van der Waals surface area contributed by atoms with Crippen LogP contribution >= 0.6 is 0 Å². The number of hydrogen-bond donors (Lipinski definition) is 1. The highest BCUT2D eigenvalue weighted by Crippen LogP contribution is 2.15. The third-order valence-corrected chi connectivity index (χ3v) is 4.17. The number of nitrogens with zero attached hydrogens (tertiary/aromatic N) is 1. The van der Waals surface area contributed by atoms with Crippen molar-refractivity contribution in [2.45, 2.75) is 71.5 Å². The fourth-order valence-electron chi connectivity index (χ4n) is 2.93. The Kier molecular flexibility index (Phi) is 6.25. The smallest absolute Gasteiger partial charge is 0.0233 e. The van der Waals surface area contributed by atoms with E-state index in [1.807, 2.05) is 0 Å². The minimum atomic E-state index is 0.180. The molecule has 2 heteroatoms. The van der Waals surface area contributed by atoms with Crippen molar-refractivity contribution in [3.8, 4) is 0 Å². The summed E-state index contributed by atoms with van der Waals surface area (Å²) in [5.74, 6) is 0. The van der Waals surface area contributed by atoms with E-state index in [-0.39, 0.29) is 5.54 Å². The summed E-state index contributed by atoms with van der Waals surface area (Å²) >= 11 is 0. The lowest BCUT2D eigenvalue weighted by Gasteiger charge is -2.25. The predicted octanol–water partition coefficient (Wildman–Crippen LogP) is 4.34. The molecule has 118 valence electrons. The average molecular weight is 288 g/mol. The molecule has 1 aliphatic heterocycles. The molecule has 0 aromatic heterocycles. The van der Waals surface area contributed by atoms with Crippen molar-refractivity contribution < 1.29 is 0 Å². The average Bonchev–Trinajstić information content (AvgIpc) is 2.39. The van der Waals surface area contributed by atoms with Crippen LogP contribution in [0, 0.1) is 0 Å². The first kappa shape index (κ1) is 16.5. The molecule has 0 saturated carbocycles. The third-order valence-electron chi connectivity index (χ3n) is 4.17.